The zero-order valence-electron chi connectivity index (χ0n) is 11.3. The van der Waals surface area contributed by atoms with E-state index in [4.69, 9.17) is 4.74 Å². The minimum Gasteiger partial charge on any atom is -0.469 e. The molecule has 0 radical (unpaired) electrons. The van der Waals surface area contributed by atoms with E-state index in [0.717, 1.165) is 0 Å². The van der Waals surface area contributed by atoms with Crippen LogP contribution in [0.3, 0.4) is 0 Å². The Kier molecular flexibility index (Phi) is 4.44. The topological polar surface area (TPSA) is 79.0 Å². The molecule has 1 N–H and O–H groups in total. The van der Waals surface area contributed by atoms with Gasteiger partial charge in [-0.1, -0.05) is 0 Å². The molecule has 110 valence electrons. The van der Waals surface area contributed by atoms with Crippen LogP contribution >= 0.6 is 0 Å². The first kappa shape index (κ1) is 14.7. The lowest BCUT2D eigenvalue weighted by molar-refractivity contribution is -0.146. The zero-order valence-corrected chi connectivity index (χ0v) is 12.1. The summed E-state index contributed by atoms with van der Waals surface area (Å²) in [6, 6.07) is 0.0448. The van der Waals surface area contributed by atoms with Crippen LogP contribution < -0.4 is 5.32 Å². The summed E-state index contributed by atoms with van der Waals surface area (Å²) in [5, 5.41) is 3.06. The maximum absolute atomic E-state index is 12.4. The predicted octanol–water partition coefficient (Wildman–Crippen LogP) is -0.980. The molecule has 0 aliphatic carbocycles. The van der Waals surface area contributed by atoms with Gasteiger partial charge in [-0.15, -0.1) is 0 Å². The largest absolute Gasteiger partial charge is 0.469 e. The molecule has 0 aromatic rings. The fraction of sp³-hybridized carbons (Fsp3) is 0.909. The summed E-state index contributed by atoms with van der Waals surface area (Å²) < 4.78 is 32.3. The standard InChI is InChI=1S/C11H21N3O4S/c1-13(10-7-12-8-10)19(16,17)14-5-3-9(4-6-14)11(15)18-2/h9-10,12H,3-8H2,1-2H3. The molecule has 0 aromatic carbocycles. The van der Waals surface area contributed by atoms with Gasteiger partial charge in [0, 0.05) is 33.2 Å². The molecule has 0 spiro atoms. The monoisotopic (exact) mass is 291 g/mol. The van der Waals surface area contributed by atoms with Crippen molar-refractivity contribution in [1.82, 2.24) is 13.9 Å². The molecule has 0 unspecified atom stereocenters. The summed E-state index contributed by atoms with van der Waals surface area (Å²) >= 11 is 0. The van der Waals surface area contributed by atoms with Gasteiger partial charge in [0.1, 0.15) is 0 Å². The normalized spacial score (nSPS) is 23.3. The Bertz CT molecular complexity index is 427. The summed E-state index contributed by atoms with van der Waals surface area (Å²) in [4.78, 5) is 11.4. The quantitative estimate of drug-likeness (QED) is 0.674. The number of esters is 1. The molecule has 0 atom stereocenters. The number of ether oxygens (including phenoxy) is 1. The lowest BCUT2D eigenvalue weighted by atomic mass is 9.99. The van der Waals surface area contributed by atoms with Crippen LogP contribution in [0.5, 0.6) is 0 Å². The molecule has 7 nitrogen and oxygen atoms in total. The number of nitrogens with zero attached hydrogens (tertiary/aromatic N) is 2. The first-order valence-corrected chi connectivity index (χ1v) is 7.88. The van der Waals surface area contributed by atoms with Gasteiger partial charge in [0.2, 0.25) is 0 Å². The number of nitrogens with one attached hydrogen (secondary N) is 1. The third-order valence-electron chi connectivity index (χ3n) is 3.95. The fourth-order valence-corrected chi connectivity index (χ4v) is 3.95. The van der Waals surface area contributed by atoms with Crippen molar-refractivity contribution in [3.05, 3.63) is 0 Å². The molecule has 2 aliphatic heterocycles. The van der Waals surface area contributed by atoms with E-state index in [0.29, 0.717) is 39.0 Å². The summed E-state index contributed by atoms with van der Waals surface area (Å²) in [5.74, 6) is -0.416. The van der Waals surface area contributed by atoms with Crippen molar-refractivity contribution < 1.29 is 17.9 Å². The van der Waals surface area contributed by atoms with Crippen LogP contribution in [-0.2, 0) is 19.7 Å². The van der Waals surface area contributed by atoms with E-state index in [9.17, 15) is 13.2 Å². The Morgan fingerprint density at radius 2 is 1.89 bits per heavy atom. The molecule has 0 amide bonds. The van der Waals surface area contributed by atoms with E-state index >= 15 is 0 Å². The number of piperidine rings is 1. The first-order chi connectivity index (χ1) is 8.96. The van der Waals surface area contributed by atoms with Crippen LogP contribution in [-0.4, -0.2) is 69.4 Å². The Hall–Kier alpha value is -0.700. The fourth-order valence-electron chi connectivity index (χ4n) is 2.39. The molecule has 2 fully saturated rings. The highest BCUT2D eigenvalue weighted by Gasteiger charge is 2.37. The van der Waals surface area contributed by atoms with Crippen LogP contribution in [0.2, 0.25) is 0 Å². The van der Waals surface area contributed by atoms with Crippen LogP contribution in [0.4, 0.5) is 0 Å². The van der Waals surface area contributed by atoms with Crippen LogP contribution in [0, 0.1) is 5.92 Å². The van der Waals surface area contributed by atoms with Crippen LogP contribution in [0.1, 0.15) is 12.8 Å². The van der Waals surface area contributed by atoms with Gasteiger partial charge in [0.05, 0.1) is 19.1 Å². The number of hydrogen-bond acceptors (Lipinski definition) is 5. The molecule has 0 saturated carbocycles. The number of carbonyl (C=O) groups is 1. The number of likely N-dealkylation sites (N-methyl/N-ethyl adjacent to an activating group) is 1. The van der Waals surface area contributed by atoms with Crippen LogP contribution in [0.25, 0.3) is 0 Å². The molecule has 2 saturated heterocycles. The van der Waals surface area contributed by atoms with E-state index < -0.39 is 10.2 Å². The lowest BCUT2D eigenvalue weighted by Crippen LogP contribution is -2.60. The van der Waals surface area contributed by atoms with Gasteiger partial charge in [-0.3, -0.25) is 4.79 Å². The van der Waals surface area contributed by atoms with E-state index in [-0.39, 0.29) is 17.9 Å². The highest BCUT2D eigenvalue weighted by atomic mass is 32.2. The molecule has 19 heavy (non-hydrogen) atoms. The molecule has 2 rings (SSSR count). The van der Waals surface area contributed by atoms with Crippen LogP contribution in [0.15, 0.2) is 0 Å². The summed E-state index contributed by atoms with van der Waals surface area (Å²) in [7, 11) is -0.421. The Morgan fingerprint density at radius 3 is 2.32 bits per heavy atom. The van der Waals surface area contributed by atoms with Crippen molar-refractivity contribution in [1.29, 1.82) is 0 Å². The van der Waals surface area contributed by atoms with Gasteiger partial charge in [0.25, 0.3) is 10.2 Å². The molecule has 2 aliphatic rings. The van der Waals surface area contributed by atoms with Gasteiger partial charge >= 0.3 is 5.97 Å². The summed E-state index contributed by atoms with van der Waals surface area (Å²) in [6.07, 6.45) is 1.06. The van der Waals surface area contributed by atoms with Crippen molar-refractivity contribution in [2.45, 2.75) is 18.9 Å². The molecule has 0 bridgehead atoms. The second kappa shape index (κ2) is 5.74. The molecule has 8 heteroatoms. The van der Waals surface area contributed by atoms with Gasteiger partial charge in [-0.05, 0) is 12.8 Å². The Morgan fingerprint density at radius 1 is 1.32 bits per heavy atom. The Balaban J connectivity index is 1.94. The molecular weight excluding hydrogens is 270 g/mol. The summed E-state index contributed by atoms with van der Waals surface area (Å²) in [5.41, 5.74) is 0. The van der Waals surface area contributed by atoms with E-state index in [1.54, 1.807) is 7.05 Å². The van der Waals surface area contributed by atoms with Crippen molar-refractivity contribution in [2.24, 2.45) is 5.92 Å². The third-order valence-corrected chi connectivity index (χ3v) is 6.00. The second-order valence-corrected chi connectivity index (χ2v) is 7.02. The number of methoxy groups -OCH3 is 1. The lowest BCUT2D eigenvalue weighted by Gasteiger charge is -2.39. The highest BCUT2D eigenvalue weighted by molar-refractivity contribution is 7.86. The maximum atomic E-state index is 12.4. The minimum absolute atomic E-state index is 0.0448. The van der Waals surface area contributed by atoms with Crippen molar-refractivity contribution >= 4 is 16.2 Å². The first-order valence-electron chi connectivity index (χ1n) is 6.48. The SMILES string of the molecule is COC(=O)C1CCN(S(=O)(=O)N(C)C2CNC2)CC1. The van der Waals surface area contributed by atoms with E-state index in [1.807, 2.05) is 0 Å². The van der Waals surface area contributed by atoms with Gasteiger partial charge in [-0.25, -0.2) is 0 Å². The van der Waals surface area contributed by atoms with Crippen molar-refractivity contribution in [3.63, 3.8) is 0 Å². The smallest absolute Gasteiger partial charge is 0.308 e. The molecule has 2 heterocycles. The van der Waals surface area contributed by atoms with Gasteiger partial charge in [0.15, 0.2) is 0 Å². The second-order valence-electron chi connectivity index (χ2n) is 5.03. The third kappa shape index (κ3) is 2.91. The van der Waals surface area contributed by atoms with Crippen molar-refractivity contribution in [3.8, 4) is 0 Å². The minimum atomic E-state index is -3.40. The van der Waals surface area contributed by atoms with E-state index in [1.165, 1.54) is 15.7 Å². The molecule has 0 aromatic heterocycles. The number of hydrogen-bond donors (Lipinski definition) is 1. The number of rotatable bonds is 4. The highest BCUT2D eigenvalue weighted by Crippen LogP contribution is 2.23. The molecular formula is C11H21N3O4S. The zero-order chi connectivity index (χ0) is 14.0. The average molecular weight is 291 g/mol. The summed E-state index contributed by atoms with van der Waals surface area (Å²) in [6.45, 7) is 2.17. The Labute approximate surface area is 114 Å². The maximum Gasteiger partial charge on any atom is 0.308 e. The number of carbonyl (C=O) groups excluding carboxylic acids is 1. The van der Waals surface area contributed by atoms with Gasteiger partial charge in [-0.2, -0.15) is 17.0 Å². The van der Waals surface area contributed by atoms with Gasteiger partial charge < -0.3 is 10.1 Å². The van der Waals surface area contributed by atoms with Crippen molar-refractivity contribution in [2.75, 3.05) is 40.3 Å². The predicted molar refractivity (Wildman–Crippen MR) is 69.7 cm³/mol. The van der Waals surface area contributed by atoms with E-state index in [2.05, 4.69) is 5.32 Å². The average Bonchev–Trinajstić information content (AvgIpc) is 2.36.